The quantitative estimate of drug-likeness (QED) is 0.905. The van der Waals surface area contributed by atoms with Crippen molar-refractivity contribution in [3.63, 3.8) is 0 Å². The van der Waals surface area contributed by atoms with Gasteiger partial charge in [0.15, 0.2) is 0 Å². The molecule has 0 spiro atoms. The van der Waals surface area contributed by atoms with Gasteiger partial charge in [0.1, 0.15) is 5.82 Å². The second kappa shape index (κ2) is 5.44. The predicted octanol–water partition coefficient (Wildman–Crippen LogP) is 1.22. The highest BCUT2D eigenvalue weighted by Crippen LogP contribution is 2.21. The number of primary amides is 1. The molecule has 1 aliphatic heterocycles. The van der Waals surface area contributed by atoms with Crippen LogP contribution in [-0.4, -0.2) is 39.4 Å². The van der Waals surface area contributed by atoms with Crippen molar-refractivity contribution in [3.8, 4) is 0 Å². The summed E-state index contributed by atoms with van der Waals surface area (Å²) in [7, 11) is 1.96. The van der Waals surface area contributed by atoms with E-state index in [0.717, 1.165) is 16.9 Å². The third-order valence-corrected chi connectivity index (χ3v) is 4.54. The molecule has 0 atom stereocenters. The fraction of sp³-hybridized carbons (Fsp3) is 0.438. The fourth-order valence-electron chi connectivity index (χ4n) is 3.00. The van der Waals surface area contributed by atoms with Gasteiger partial charge in [-0.05, 0) is 38.0 Å². The highest BCUT2D eigenvalue weighted by atomic mass is 16.2. The minimum absolute atomic E-state index is 0.00636. The SMILES string of the molecule is Cc1nc2cc(C(=O)N3CCC(C(N)=O)CC3)ccc2n1C. The number of amides is 2. The summed E-state index contributed by atoms with van der Waals surface area (Å²) in [5, 5.41) is 0. The van der Waals surface area contributed by atoms with E-state index in [4.69, 9.17) is 5.73 Å². The lowest BCUT2D eigenvalue weighted by Gasteiger charge is -2.30. The average Bonchev–Trinajstić information content (AvgIpc) is 2.81. The van der Waals surface area contributed by atoms with Gasteiger partial charge in [-0.1, -0.05) is 0 Å². The van der Waals surface area contributed by atoms with Crippen LogP contribution in [0.5, 0.6) is 0 Å². The largest absolute Gasteiger partial charge is 0.369 e. The number of aromatic nitrogens is 2. The molecule has 1 aliphatic rings. The van der Waals surface area contributed by atoms with Gasteiger partial charge in [-0.15, -0.1) is 0 Å². The molecule has 2 N–H and O–H groups in total. The van der Waals surface area contributed by atoms with Gasteiger partial charge in [-0.25, -0.2) is 4.98 Å². The number of nitrogens with two attached hydrogens (primary N) is 1. The molecule has 116 valence electrons. The van der Waals surface area contributed by atoms with E-state index in [1.807, 2.05) is 36.7 Å². The second-order valence-corrected chi connectivity index (χ2v) is 5.89. The van der Waals surface area contributed by atoms with Crippen LogP contribution in [0.1, 0.15) is 29.0 Å². The number of benzene rings is 1. The Morgan fingerprint density at radius 3 is 2.59 bits per heavy atom. The Kier molecular flexibility index (Phi) is 3.60. The number of nitrogens with zero attached hydrogens (tertiary/aromatic N) is 3. The number of hydrogen-bond acceptors (Lipinski definition) is 3. The Morgan fingerprint density at radius 2 is 1.95 bits per heavy atom. The lowest BCUT2D eigenvalue weighted by atomic mass is 9.96. The molecule has 2 heterocycles. The minimum Gasteiger partial charge on any atom is -0.369 e. The molecule has 3 rings (SSSR count). The van der Waals surface area contributed by atoms with Gasteiger partial charge in [0, 0.05) is 31.6 Å². The summed E-state index contributed by atoms with van der Waals surface area (Å²) in [5.41, 5.74) is 7.81. The molecule has 0 unspecified atom stereocenters. The van der Waals surface area contributed by atoms with Crippen molar-refractivity contribution >= 4 is 22.8 Å². The number of piperidine rings is 1. The molecule has 1 aromatic carbocycles. The number of fused-ring (bicyclic) bond motifs is 1. The Bertz CT molecular complexity index is 742. The minimum atomic E-state index is -0.266. The first-order valence-electron chi connectivity index (χ1n) is 7.49. The van der Waals surface area contributed by atoms with E-state index >= 15 is 0 Å². The predicted molar refractivity (Wildman–Crippen MR) is 83.3 cm³/mol. The van der Waals surface area contributed by atoms with E-state index in [1.54, 1.807) is 4.90 Å². The molecule has 0 radical (unpaired) electrons. The molecule has 0 aliphatic carbocycles. The molecule has 0 bridgehead atoms. The zero-order valence-electron chi connectivity index (χ0n) is 12.9. The number of rotatable bonds is 2. The Labute approximate surface area is 128 Å². The first-order valence-corrected chi connectivity index (χ1v) is 7.49. The van der Waals surface area contributed by atoms with Gasteiger partial charge in [-0.3, -0.25) is 9.59 Å². The summed E-state index contributed by atoms with van der Waals surface area (Å²) < 4.78 is 2.00. The average molecular weight is 300 g/mol. The van der Waals surface area contributed by atoms with Crippen LogP contribution in [0.25, 0.3) is 11.0 Å². The zero-order valence-corrected chi connectivity index (χ0v) is 12.9. The first kappa shape index (κ1) is 14.6. The van der Waals surface area contributed by atoms with E-state index < -0.39 is 0 Å². The summed E-state index contributed by atoms with van der Waals surface area (Å²) in [6.45, 7) is 3.09. The van der Waals surface area contributed by atoms with Crippen molar-refractivity contribution in [2.75, 3.05) is 13.1 Å². The standard InChI is InChI=1S/C16H20N4O2/c1-10-18-13-9-12(3-4-14(13)19(10)2)16(22)20-7-5-11(6-8-20)15(17)21/h3-4,9,11H,5-8H2,1-2H3,(H2,17,21). The molecule has 1 saturated heterocycles. The van der Waals surface area contributed by atoms with Crippen molar-refractivity contribution in [2.45, 2.75) is 19.8 Å². The summed E-state index contributed by atoms with van der Waals surface area (Å²) >= 11 is 0. The van der Waals surface area contributed by atoms with E-state index in [-0.39, 0.29) is 17.7 Å². The molecule has 0 saturated carbocycles. The van der Waals surface area contributed by atoms with Gasteiger partial charge in [-0.2, -0.15) is 0 Å². The second-order valence-electron chi connectivity index (χ2n) is 5.89. The van der Waals surface area contributed by atoms with Crippen molar-refractivity contribution in [3.05, 3.63) is 29.6 Å². The maximum absolute atomic E-state index is 12.6. The molecule has 2 aromatic rings. The maximum Gasteiger partial charge on any atom is 0.253 e. The van der Waals surface area contributed by atoms with Gasteiger partial charge < -0.3 is 15.2 Å². The van der Waals surface area contributed by atoms with Gasteiger partial charge in [0.25, 0.3) is 5.91 Å². The third kappa shape index (κ3) is 2.45. The normalized spacial score (nSPS) is 16.2. The summed E-state index contributed by atoms with van der Waals surface area (Å²) in [4.78, 5) is 30.0. The molecule has 2 amide bonds. The van der Waals surface area contributed by atoms with Crippen molar-refractivity contribution in [1.82, 2.24) is 14.5 Å². The number of carbonyl (C=O) groups excluding carboxylic acids is 2. The Hall–Kier alpha value is -2.37. The molecule has 1 fully saturated rings. The van der Waals surface area contributed by atoms with Gasteiger partial charge in [0.05, 0.1) is 11.0 Å². The maximum atomic E-state index is 12.6. The lowest BCUT2D eigenvalue weighted by Crippen LogP contribution is -2.41. The number of imidazole rings is 1. The van der Waals surface area contributed by atoms with E-state index in [1.165, 1.54) is 0 Å². The Balaban J connectivity index is 1.79. The van der Waals surface area contributed by atoms with E-state index in [2.05, 4.69) is 4.98 Å². The Morgan fingerprint density at radius 1 is 1.27 bits per heavy atom. The van der Waals surface area contributed by atoms with Crippen LogP contribution < -0.4 is 5.73 Å². The number of likely N-dealkylation sites (tertiary alicyclic amines) is 1. The van der Waals surface area contributed by atoms with Crippen LogP contribution in [-0.2, 0) is 11.8 Å². The zero-order chi connectivity index (χ0) is 15.9. The molecule has 1 aromatic heterocycles. The van der Waals surface area contributed by atoms with Gasteiger partial charge >= 0.3 is 0 Å². The number of aryl methyl sites for hydroxylation is 2. The molecule has 6 nitrogen and oxygen atoms in total. The summed E-state index contributed by atoms with van der Waals surface area (Å²) in [5.74, 6) is 0.539. The van der Waals surface area contributed by atoms with Crippen LogP contribution in [0.3, 0.4) is 0 Å². The number of carbonyl (C=O) groups is 2. The van der Waals surface area contributed by atoms with Crippen LogP contribution in [0.2, 0.25) is 0 Å². The van der Waals surface area contributed by atoms with Gasteiger partial charge in [0.2, 0.25) is 5.91 Å². The first-order chi connectivity index (χ1) is 10.5. The molecular formula is C16H20N4O2. The van der Waals surface area contributed by atoms with Crippen LogP contribution in [0.15, 0.2) is 18.2 Å². The van der Waals surface area contributed by atoms with Crippen molar-refractivity contribution in [1.29, 1.82) is 0 Å². The lowest BCUT2D eigenvalue weighted by molar-refractivity contribution is -0.123. The molecular weight excluding hydrogens is 280 g/mol. The van der Waals surface area contributed by atoms with Crippen LogP contribution >= 0.6 is 0 Å². The molecule has 6 heteroatoms. The fourth-order valence-corrected chi connectivity index (χ4v) is 3.00. The third-order valence-electron chi connectivity index (χ3n) is 4.54. The highest BCUT2D eigenvalue weighted by molar-refractivity contribution is 5.97. The van der Waals surface area contributed by atoms with Crippen LogP contribution in [0, 0.1) is 12.8 Å². The summed E-state index contributed by atoms with van der Waals surface area (Å²) in [6.07, 6.45) is 1.29. The summed E-state index contributed by atoms with van der Waals surface area (Å²) in [6, 6.07) is 5.61. The highest BCUT2D eigenvalue weighted by Gasteiger charge is 2.26. The smallest absolute Gasteiger partial charge is 0.253 e. The van der Waals surface area contributed by atoms with Crippen LogP contribution in [0.4, 0.5) is 0 Å². The van der Waals surface area contributed by atoms with E-state index in [9.17, 15) is 9.59 Å². The van der Waals surface area contributed by atoms with E-state index in [0.29, 0.717) is 31.5 Å². The topological polar surface area (TPSA) is 81.2 Å². The van der Waals surface area contributed by atoms with Crippen molar-refractivity contribution in [2.24, 2.45) is 18.7 Å². The monoisotopic (exact) mass is 300 g/mol. The van der Waals surface area contributed by atoms with Crippen molar-refractivity contribution < 1.29 is 9.59 Å². The number of hydrogen-bond donors (Lipinski definition) is 1. The molecule has 22 heavy (non-hydrogen) atoms.